The smallest absolute Gasteiger partial charge is 0.313 e. The third-order valence-electron chi connectivity index (χ3n) is 1.65. The Morgan fingerprint density at radius 1 is 1.20 bits per heavy atom. The van der Waals surface area contributed by atoms with E-state index in [1.165, 1.54) is 12.1 Å². The van der Waals surface area contributed by atoms with Crippen LogP contribution < -0.4 is 0 Å². The summed E-state index contributed by atoms with van der Waals surface area (Å²) >= 11 is 0. The molecule has 0 bridgehead atoms. The van der Waals surface area contributed by atoms with Gasteiger partial charge in [-0.2, -0.15) is 12.4 Å². The highest BCUT2D eigenvalue weighted by atomic mass is 32.2. The summed E-state index contributed by atoms with van der Waals surface area (Å²) in [5.74, 6) is 0. The number of rotatable bonds is 4. The Kier molecular flexibility index (Phi) is 4.04. The van der Waals surface area contributed by atoms with E-state index in [2.05, 4.69) is 8.49 Å². The molecule has 0 fully saturated rings. The summed E-state index contributed by atoms with van der Waals surface area (Å²) < 4.78 is 42.3. The van der Waals surface area contributed by atoms with E-state index < -0.39 is 18.4 Å². The normalized spacial score (nSPS) is 13.7. The maximum Gasteiger partial charge on any atom is 0.333 e. The Labute approximate surface area is 89.1 Å². The zero-order valence-corrected chi connectivity index (χ0v) is 10.1. The fourth-order valence-corrected chi connectivity index (χ4v) is 2.72. The van der Waals surface area contributed by atoms with Crippen molar-refractivity contribution in [2.24, 2.45) is 0 Å². The molecule has 1 aromatic carbocycles. The topological polar surface area (TPSA) is 69.7 Å². The highest BCUT2D eigenvalue weighted by Gasteiger charge is 2.18. The molecule has 0 heterocycles. The van der Waals surface area contributed by atoms with Gasteiger partial charge in [-0.05, 0) is 19.1 Å². The monoisotopic (exact) mass is 250 g/mol. The SMILES string of the molecule is CO[PH](=O)OS(=O)(=O)c1ccc(C)cc1. The molecule has 0 aliphatic heterocycles. The van der Waals surface area contributed by atoms with E-state index in [9.17, 15) is 13.0 Å². The summed E-state index contributed by atoms with van der Waals surface area (Å²) in [4.78, 5) is -0.0384. The molecule has 0 aliphatic carbocycles. The van der Waals surface area contributed by atoms with Crippen LogP contribution in [0.25, 0.3) is 0 Å². The lowest BCUT2D eigenvalue weighted by molar-refractivity contribution is 0.348. The van der Waals surface area contributed by atoms with Gasteiger partial charge in [-0.25, -0.2) is 0 Å². The van der Waals surface area contributed by atoms with Crippen LogP contribution in [-0.4, -0.2) is 15.5 Å². The van der Waals surface area contributed by atoms with Crippen LogP contribution in [0.3, 0.4) is 0 Å². The van der Waals surface area contributed by atoms with Crippen molar-refractivity contribution in [1.29, 1.82) is 0 Å². The fraction of sp³-hybridized carbons (Fsp3) is 0.250. The molecule has 5 nitrogen and oxygen atoms in total. The predicted octanol–water partition coefficient (Wildman–Crippen LogP) is 1.74. The lowest BCUT2D eigenvalue weighted by Crippen LogP contribution is -2.01. The van der Waals surface area contributed by atoms with Crippen molar-refractivity contribution in [1.82, 2.24) is 0 Å². The van der Waals surface area contributed by atoms with Crippen molar-refractivity contribution < 1.29 is 21.5 Å². The van der Waals surface area contributed by atoms with Gasteiger partial charge in [0.15, 0.2) is 0 Å². The van der Waals surface area contributed by atoms with Crippen LogP contribution >= 0.6 is 8.25 Å². The summed E-state index contributed by atoms with van der Waals surface area (Å²) in [6, 6.07) is 6.02. The van der Waals surface area contributed by atoms with Crippen molar-refractivity contribution in [3.63, 3.8) is 0 Å². The third-order valence-corrected chi connectivity index (χ3v) is 4.26. The summed E-state index contributed by atoms with van der Waals surface area (Å²) in [5.41, 5.74) is 0.924. The van der Waals surface area contributed by atoms with Crippen molar-refractivity contribution >= 4 is 18.4 Å². The van der Waals surface area contributed by atoms with Crippen LogP contribution in [-0.2, 0) is 23.2 Å². The highest BCUT2D eigenvalue weighted by Crippen LogP contribution is 2.28. The molecule has 1 unspecified atom stereocenters. The molecule has 0 N–H and O–H groups in total. The van der Waals surface area contributed by atoms with Crippen LogP contribution in [0.4, 0.5) is 0 Å². The number of hydrogen-bond donors (Lipinski definition) is 0. The molecule has 1 aromatic rings. The van der Waals surface area contributed by atoms with Gasteiger partial charge in [0.05, 0.1) is 4.90 Å². The molecule has 0 spiro atoms. The van der Waals surface area contributed by atoms with Crippen LogP contribution in [0.5, 0.6) is 0 Å². The van der Waals surface area contributed by atoms with Gasteiger partial charge in [0.2, 0.25) is 0 Å². The van der Waals surface area contributed by atoms with Gasteiger partial charge in [-0.3, -0.25) is 4.57 Å². The van der Waals surface area contributed by atoms with Gasteiger partial charge in [-0.1, -0.05) is 17.7 Å². The van der Waals surface area contributed by atoms with Gasteiger partial charge < -0.3 is 4.52 Å². The molecule has 0 aromatic heterocycles. The van der Waals surface area contributed by atoms with Crippen molar-refractivity contribution in [3.05, 3.63) is 29.8 Å². The first kappa shape index (κ1) is 12.4. The molecule has 0 amide bonds. The number of hydrogen-bond acceptors (Lipinski definition) is 5. The summed E-state index contributed by atoms with van der Waals surface area (Å²) in [7, 11) is -5.84. The highest BCUT2D eigenvalue weighted by molar-refractivity contribution is 7.89. The Balaban J connectivity index is 2.96. The Morgan fingerprint density at radius 2 is 1.73 bits per heavy atom. The molecule has 84 valence electrons. The molecule has 0 saturated heterocycles. The summed E-state index contributed by atoms with van der Waals surface area (Å²) in [6.45, 7) is 1.83. The van der Waals surface area contributed by atoms with Crippen molar-refractivity contribution in [2.45, 2.75) is 11.8 Å². The molecular weight excluding hydrogens is 239 g/mol. The Hall–Kier alpha value is -0.680. The predicted molar refractivity (Wildman–Crippen MR) is 55.5 cm³/mol. The van der Waals surface area contributed by atoms with Gasteiger partial charge in [0.25, 0.3) is 0 Å². The first-order valence-electron chi connectivity index (χ1n) is 4.05. The van der Waals surface area contributed by atoms with Crippen LogP contribution in [0, 0.1) is 6.92 Å². The zero-order chi connectivity index (χ0) is 11.5. The fourth-order valence-electron chi connectivity index (χ4n) is 0.877. The second kappa shape index (κ2) is 4.90. The number of aryl methyl sites for hydroxylation is 1. The van der Waals surface area contributed by atoms with E-state index in [-0.39, 0.29) is 4.90 Å². The van der Waals surface area contributed by atoms with Crippen LogP contribution in [0.1, 0.15) is 5.56 Å². The van der Waals surface area contributed by atoms with E-state index in [4.69, 9.17) is 0 Å². The van der Waals surface area contributed by atoms with E-state index in [1.54, 1.807) is 12.1 Å². The molecule has 1 atom stereocenters. The molecule has 0 saturated carbocycles. The van der Waals surface area contributed by atoms with Gasteiger partial charge in [-0.15, -0.1) is 0 Å². The lowest BCUT2D eigenvalue weighted by Gasteiger charge is -2.03. The minimum Gasteiger partial charge on any atom is -0.313 e. The van der Waals surface area contributed by atoms with Crippen LogP contribution in [0.2, 0.25) is 0 Å². The molecule has 1 rings (SSSR count). The molecule has 7 heteroatoms. The Bertz CT molecular complexity index is 450. The van der Waals surface area contributed by atoms with Crippen LogP contribution in [0.15, 0.2) is 29.2 Å². The maximum absolute atomic E-state index is 11.4. The standard InChI is InChI=1S/C8H11O5PS/c1-7-3-5-8(6-4-7)15(10,11)13-14(9)12-2/h3-6,14H,1-2H3. The quantitative estimate of drug-likeness (QED) is 0.761. The van der Waals surface area contributed by atoms with Crippen molar-refractivity contribution in [3.8, 4) is 0 Å². The second-order valence-corrected chi connectivity index (χ2v) is 5.76. The summed E-state index contributed by atoms with van der Waals surface area (Å²) in [6.07, 6.45) is 0. The number of benzene rings is 1. The minimum absolute atomic E-state index is 0.0384. The summed E-state index contributed by atoms with van der Waals surface area (Å²) in [5, 5.41) is 0. The van der Waals surface area contributed by atoms with Gasteiger partial charge in [0.1, 0.15) is 0 Å². The second-order valence-electron chi connectivity index (χ2n) is 2.80. The average Bonchev–Trinajstić information content (AvgIpc) is 2.17. The molecule has 15 heavy (non-hydrogen) atoms. The third kappa shape index (κ3) is 3.43. The van der Waals surface area contributed by atoms with E-state index in [1.807, 2.05) is 6.92 Å². The van der Waals surface area contributed by atoms with E-state index >= 15 is 0 Å². The van der Waals surface area contributed by atoms with E-state index in [0.717, 1.165) is 12.7 Å². The van der Waals surface area contributed by atoms with E-state index in [0.29, 0.717) is 0 Å². The first-order valence-corrected chi connectivity index (χ1v) is 6.68. The lowest BCUT2D eigenvalue weighted by atomic mass is 10.2. The maximum atomic E-state index is 11.4. The molecule has 0 radical (unpaired) electrons. The minimum atomic E-state index is -3.98. The Morgan fingerprint density at radius 3 is 2.20 bits per heavy atom. The largest absolute Gasteiger partial charge is 0.333 e. The van der Waals surface area contributed by atoms with Gasteiger partial charge in [0, 0.05) is 7.11 Å². The average molecular weight is 250 g/mol. The van der Waals surface area contributed by atoms with Crippen molar-refractivity contribution in [2.75, 3.05) is 7.11 Å². The van der Waals surface area contributed by atoms with Gasteiger partial charge >= 0.3 is 18.4 Å². The zero-order valence-electron chi connectivity index (χ0n) is 8.26. The molecule has 0 aliphatic rings. The first-order chi connectivity index (χ1) is 6.95. The molecular formula is C8H11O5PS.